The average molecular weight is 97.1 g/mol. The van der Waals surface area contributed by atoms with Crippen LogP contribution in [-0.2, 0) is 0 Å². The fourth-order valence-electron chi connectivity index (χ4n) is 0.441. The molecule has 0 spiro atoms. The summed E-state index contributed by atoms with van der Waals surface area (Å²) in [6.07, 6.45) is 1.82. The first kappa shape index (κ1) is 4.24. The summed E-state index contributed by atoms with van der Waals surface area (Å²) < 4.78 is 4.80. The van der Waals surface area contributed by atoms with Crippen LogP contribution in [0, 0.1) is 0 Å². The van der Waals surface area contributed by atoms with Crippen molar-refractivity contribution in [2.45, 2.75) is 0 Å². The molecule has 0 fully saturated rings. The van der Waals surface area contributed by atoms with Crippen LogP contribution in [0.3, 0.4) is 0 Å². The van der Waals surface area contributed by atoms with Gasteiger partial charge in [0.05, 0.1) is 7.11 Å². The van der Waals surface area contributed by atoms with Crippen LogP contribution in [0.15, 0.2) is 18.3 Å². The van der Waals surface area contributed by atoms with Crippen LogP contribution in [0.1, 0.15) is 0 Å². The SMILES string of the molecule is COc1ccc[nH]1. The van der Waals surface area contributed by atoms with Gasteiger partial charge in [0.25, 0.3) is 0 Å². The standard InChI is InChI=1S/C5H7NO/c1-7-5-3-2-4-6-5/h2-4,6H,1H3. The topological polar surface area (TPSA) is 25.0 Å². The van der Waals surface area contributed by atoms with Crippen LogP contribution in [0.5, 0.6) is 5.88 Å². The van der Waals surface area contributed by atoms with Gasteiger partial charge in [-0.05, 0) is 12.1 Å². The van der Waals surface area contributed by atoms with E-state index in [1.165, 1.54) is 0 Å². The molecule has 2 heteroatoms. The molecule has 1 heterocycles. The van der Waals surface area contributed by atoms with Gasteiger partial charge >= 0.3 is 0 Å². The first-order chi connectivity index (χ1) is 3.43. The summed E-state index contributed by atoms with van der Waals surface area (Å²) in [5, 5.41) is 0. The number of methoxy groups -OCH3 is 1. The maximum Gasteiger partial charge on any atom is 0.190 e. The van der Waals surface area contributed by atoms with Crippen molar-refractivity contribution in [3.8, 4) is 5.88 Å². The van der Waals surface area contributed by atoms with Crippen molar-refractivity contribution in [1.82, 2.24) is 4.98 Å². The van der Waals surface area contributed by atoms with Crippen LogP contribution < -0.4 is 4.74 Å². The summed E-state index contributed by atoms with van der Waals surface area (Å²) in [6.45, 7) is 0. The molecule has 2 nitrogen and oxygen atoms in total. The lowest BCUT2D eigenvalue weighted by molar-refractivity contribution is 0.400. The fourth-order valence-corrected chi connectivity index (χ4v) is 0.441. The number of rotatable bonds is 1. The van der Waals surface area contributed by atoms with Crippen LogP contribution in [-0.4, -0.2) is 12.1 Å². The molecule has 1 rings (SSSR count). The smallest absolute Gasteiger partial charge is 0.190 e. The second-order valence-corrected chi connectivity index (χ2v) is 1.24. The molecule has 0 aromatic carbocycles. The number of aromatic nitrogens is 1. The van der Waals surface area contributed by atoms with Crippen molar-refractivity contribution in [2.24, 2.45) is 0 Å². The van der Waals surface area contributed by atoms with Gasteiger partial charge in [0.1, 0.15) is 0 Å². The highest BCUT2D eigenvalue weighted by Gasteiger charge is 1.81. The Bertz CT molecular complexity index is 123. The van der Waals surface area contributed by atoms with Crippen molar-refractivity contribution < 1.29 is 4.74 Å². The molecule has 1 aromatic rings. The van der Waals surface area contributed by atoms with Crippen LogP contribution in [0.2, 0.25) is 0 Å². The summed E-state index contributed by atoms with van der Waals surface area (Å²) in [5.41, 5.74) is 0. The normalized spacial score (nSPS) is 8.71. The molecule has 0 atom stereocenters. The molecule has 0 aliphatic heterocycles. The highest BCUT2D eigenvalue weighted by molar-refractivity contribution is 5.08. The molecular formula is C5H7NO. The third-order valence-corrected chi connectivity index (χ3v) is 0.789. The summed E-state index contributed by atoms with van der Waals surface area (Å²) in [6, 6.07) is 3.75. The minimum absolute atomic E-state index is 0.806. The first-order valence-corrected chi connectivity index (χ1v) is 2.11. The van der Waals surface area contributed by atoms with Crippen molar-refractivity contribution in [1.29, 1.82) is 0 Å². The Labute approximate surface area is 42.1 Å². The molecule has 0 saturated heterocycles. The highest BCUT2D eigenvalue weighted by atomic mass is 16.5. The van der Waals surface area contributed by atoms with Crippen LogP contribution in [0.4, 0.5) is 0 Å². The highest BCUT2D eigenvalue weighted by Crippen LogP contribution is 2.00. The van der Waals surface area contributed by atoms with E-state index in [1.807, 2.05) is 18.3 Å². The van der Waals surface area contributed by atoms with Gasteiger partial charge in [-0.25, -0.2) is 0 Å². The van der Waals surface area contributed by atoms with Crippen LogP contribution >= 0.6 is 0 Å². The molecular weight excluding hydrogens is 90.1 g/mol. The molecule has 1 N–H and O–H groups in total. The van der Waals surface area contributed by atoms with E-state index in [0.29, 0.717) is 0 Å². The molecule has 0 unspecified atom stereocenters. The first-order valence-electron chi connectivity index (χ1n) is 2.11. The largest absolute Gasteiger partial charge is 0.482 e. The van der Waals surface area contributed by atoms with Gasteiger partial charge in [0.2, 0.25) is 0 Å². The maximum absolute atomic E-state index is 4.80. The van der Waals surface area contributed by atoms with Gasteiger partial charge in [-0.1, -0.05) is 0 Å². The molecule has 7 heavy (non-hydrogen) atoms. The third-order valence-electron chi connectivity index (χ3n) is 0.789. The number of ether oxygens (including phenoxy) is 1. The van der Waals surface area contributed by atoms with Gasteiger partial charge in [-0.15, -0.1) is 0 Å². The number of nitrogens with one attached hydrogen (secondary N) is 1. The third kappa shape index (κ3) is 0.738. The predicted molar refractivity (Wildman–Crippen MR) is 27.3 cm³/mol. The minimum Gasteiger partial charge on any atom is -0.482 e. The van der Waals surface area contributed by atoms with E-state index in [1.54, 1.807) is 7.11 Å². The molecule has 0 aliphatic rings. The molecule has 0 bridgehead atoms. The molecule has 1 aromatic heterocycles. The molecule has 0 aliphatic carbocycles. The van der Waals surface area contributed by atoms with Gasteiger partial charge in [-0.2, -0.15) is 0 Å². The summed E-state index contributed by atoms with van der Waals surface area (Å²) in [7, 11) is 1.63. The zero-order chi connectivity index (χ0) is 5.11. The predicted octanol–water partition coefficient (Wildman–Crippen LogP) is 1.02. The van der Waals surface area contributed by atoms with E-state index in [9.17, 15) is 0 Å². The summed E-state index contributed by atoms with van der Waals surface area (Å²) >= 11 is 0. The van der Waals surface area contributed by atoms with E-state index in [0.717, 1.165) is 5.88 Å². The Morgan fingerprint density at radius 1 is 1.71 bits per heavy atom. The van der Waals surface area contributed by atoms with Crippen molar-refractivity contribution in [3.63, 3.8) is 0 Å². The zero-order valence-corrected chi connectivity index (χ0v) is 4.14. The number of hydrogen-bond donors (Lipinski definition) is 1. The van der Waals surface area contributed by atoms with E-state index in [-0.39, 0.29) is 0 Å². The second-order valence-electron chi connectivity index (χ2n) is 1.24. The Morgan fingerprint density at radius 3 is 2.86 bits per heavy atom. The van der Waals surface area contributed by atoms with Crippen molar-refractivity contribution in [2.75, 3.05) is 7.11 Å². The quantitative estimate of drug-likeness (QED) is 0.556. The van der Waals surface area contributed by atoms with Gasteiger partial charge in [-0.3, -0.25) is 0 Å². The van der Waals surface area contributed by atoms with Gasteiger partial charge in [0.15, 0.2) is 5.88 Å². The zero-order valence-electron chi connectivity index (χ0n) is 4.14. The summed E-state index contributed by atoms with van der Waals surface area (Å²) in [5.74, 6) is 0.806. The number of hydrogen-bond acceptors (Lipinski definition) is 1. The van der Waals surface area contributed by atoms with Gasteiger partial charge < -0.3 is 9.72 Å². The Hall–Kier alpha value is -0.920. The molecule has 0 saturated carbocycles. The fraction of sp³-hybridized carbons (Fsp3) is 0.200. The van der Waals surface area contributed by atoms with Crippen LogP contribution in [0.25, 0.3) is 0 Å². The Kier molecular flexibility index (Phi) is 1.02. The van der Waals surface area contributed by atoms with E-state index in [4.69, 9.17) is 4.74 Å². The molecule has 0 radical (unpaired) electrons. The van der Waals surface area contributed by atoms with Crippen molar-refractivity contribution in [3.05, 3.63) is 18.3 Å². The Balaban J connectivity index is 2.76. The monoisotopic (exact) mass is 97.1 g/mol. The lowest BCUT2D eigenvalue weighted by Gasteiger charge is -1.87. The average Bonchev–Trinajstić information content (AvgIpc) is 2.14. The minimum atomic E-state index is 0.806. The maximum atomic E-state index is 4.80. The molecule has 38 valence electrons. The van der Waals surface area contributed by atoms with E-state index < -0.39 is 0 Å². The lowest BCUT2D eigenvalue weighted by atomic mass is 10.7. The van der Waals surface area contributed by atoms with E-state index >= 15 is 0 Å². The van der Waals surface area contributed by atoms with Gasteiger partial charge in [0, 0.05) is 6.20 Å². The summed E-state index contributed by atoms with van der Waals surface area (Å²) in [4.78, 5) is 2.86. The van der Waals surface area contributed by atoms with Crippen molar-refractivity contribution >= 4 is 0 Å². The molecule has 0 amide bonds. The van der Waals surface area contributed by atoms with E-state index in [2.05, 4.69) is 4.98 Å². The second kappa shape index (κ2) is 1.69. The number of H-pyrrole nitrogens is 1. The Morgan fingerprint density at radius 2 is 2.57 bits per heavy atom. The number of aromatic amines is 1. The lowest BCUT2D eigenvalue weighted by Crippen LogP contribution is -1.78.